The number of hydrogen-bond acceptors (Lipinski definition) is 4. The Morgan fingerprint density at radius 2 is 1.69 bits per heavy atom. The number of likely N-dealkylation sites (tertiary alicyclic amines) is 1. The van der Waals surface area contributed by atoms with Crippen LogP contribution in [0.3, 0.4) is 0 Å². The Hall–Kier alpha value is -1.34. The quantitative estimate of drug-likeness (QED) is 0.559. The molecule has 36 heavy (non-hydrogen) atoms. The van der Waals surface area contributed by atoms with Gasteiger partial charge in [-0.2, -0.15) is 0 Å². The molecule has 7 atom stereocenters. The summed E-state index contributed by atoms with van der Waals surface area (Å²) >= 11 is 0. The van der Waals surface area contributed by atoms with Crippen molar-refractivity contribution < 1.29 is 14.4 Å². The molecule has 1 saturated heterocycles. The summed E-state index contributed by atoms with van der Waals surface area (Å²) in [6.45, 7) is 8.56. The highest BCUT2D eigenvalue weighted by molar-refractivity contribution is 5.96. The number of nitrogens with zero attached hydrogens (tertiary/aromatic N) is 3. The van der Waals surface area contributed by atoms with Crippen molar-refractivity contribution in [1.82, 2.24) is 20.0 Å². The number of hydrogen-bond donors (Lipinski definition) is 1. The molecule has 0 aromatic rings. The molecule has 3 aliphatic carbocycles. The van der Waals surface area contributed by atoms with Crippen molar-refractivity contribution in [2.45, 2.75) is 84.6 Å². The summed E-state index contributed by atoms with van der Waals surface area (Å²) in [5.74, 6) is 2.06. The molecule has 4 rings (SSSR count). The topological polar surface area (TPSA) is 73.0 Å². The molecule has 4 fully saturated rings. The lowest BCUT2D eigenvalue weighted by atomic mass is 9.47. The van der Waals surface area contributed by atoms with Gasteiger partial charge < -0.3 is 15.1 Å². The maximum Gasteiger partial charge on any atom is 0.324 e. The van der Waals surface area contributed by atoms with Gasteiger partial charge in [0, 0.05) is 38.5 Å². The molecular formula is C28H49ClN4O3. The van der Waals surface area contributed by atoms with Crippen LogP contribution in [0.4, 0.5) is 4.79 Å². The average Bonchev–Trinajstić information content (AvgIpc) is 3.16. The maximum atomic E-state index is 13.9. The third kappa shape index (κ3) is 4.91. The van der Waals surface area contributed by atoms with Crippen LogP contribution in [-0.2, 0) is 9.59 Å². The molecule has 4 aliphatic rings. The standard InChI is InChI=1S/C28H48N4O3.ClH/c1-7-29-26(35)32(18-8-17-30(4)5)25(34)22-11-10-20-19-9-12-23-28(3,16-14-24(33)31(23)6)21(19)13-15-27(20,22)2;/h19-23H,7-18H2,1-6H3,(H,29,35);1H/t19-,20-,21-,22+,23+,27-,28+;/m0./s1. The van der Waals surface area contributed by atoms with Crippen LogP contribution in [0.15, 0.2) is 0 Å². The van der Waals surface area contributed by atoms with E-state index in [1.807, 2.05) is 33.0 Å². The Morgan fingerprint density at radius 3 is 2.36 bits per heavy atom. The zero-order chi connectivity index (χ0) is 25.5. The summed E-state index contributed by atoms with van der Waals surface area (Å²) in [4.78, 5) is 45.0. The molecule has 0 spiro atoms. The lowest BCUT2D eigenvalue weighted by Gasteiger charge is -2.61. The van der Waals surface area contributed by atoms with Gasteiger partial charge in [-0.05, 0) is 108 Å². The molecule has 0 bridgehead atoms. The van der Waals surface area contributed by atoms with Crippen molar-refractivity contribution in [3.8, 4) is 0 Å². The van der Waals surface area contributed by atoms with Crippen molar-refractivity contribution in [2.75, 3.05) is 40.8 Å². The van der Waals surface area contributed by atoms with Crippen LogP contribution >= 0.6 is 12.4 Å². The van der Waals surface area contributed by atoms with E-state index in [1.54, 1.807) is 0 Å². The first-order valence-corrected chi connectivity index (χ1v) is 14.0. The minimum Gasteiger partial charge on any atom is -0.342 e. The third-order valence-electron chi connectivity index (χ3n) is 10.7. The molecular weight excluding hydrogens is 476 g/mol. The fourth-order valence-electron chi connectivity index (χ4n) is 8.85. The first-order valence-electron chi connectivity index (χ1n) is 14.0. The lowest BCUT2D eigenvalue weighted by Crippen LogP contribution is -2.61. The molecule has 206 valence electrons. The van der Waals surface area contributed by atoms with Gasteiger partial charge in [-0.3, -0.25) is 14.5 Å². The SMILES string of the molecule is CCNC(=O)N(CCCN(C)C)C(=O)[C@H]1CC[C@H]2[C@@H]3CC[C@H]4N(C)C(=O)CC[C@]4(C)[C@H]3CC[C@]12C.Cl. The van der Waals surface area contributed by atoms with Gasteiger partial charge in [0.25, 0.3) is 0 Å². The van der Waals surface area contributed by atoms with Gasteiger partial charge in [-0.15, -0.1) is 12.4 Å². The Bertz CT molecular complexity index is 838. The number of halogens is 1. The van der Waals surface area contributed by atoms with E-state index in [0.717, 1.165) is 57.9 Å². The van der Waals surface area contributed by atoms with Crippen LogP contribution in [0.25, 0.3) is 0 Å². The number of carbonyl (C=O) groups is 3. The Balaban J connectivity index is 0.00000361. The van der Waals surface area contributed by atoms with E-state index >= 15 is 0 Å². The maximum absolute atomic E-state index is 13.9. The van der Waals surface area contributed by atoms with Crippen LogP contribution in [0.1, 0.15) is 78.6 Å². The highest BCUT2D eigenvalue weighted by Gasteiger charge is 2.62. The molecule has 0 unspecified atom stereocenters. The smallest absolute Gasteiger partial charge is 0.324 e. The van der Waals surface area contributed by atoms with Gasteiger partial charge in [0.1, 0.15) is 0 Å². The predicted molar refractivity (Wildman–Crippen MR) is 145 cm³/mol. The average molecular weight is 525 g/mol. The minimum atomic E-state index is -0.236. The molecule has 0 aromatic carbocycles. The summed E-state index contributed by atoms with van der Waals surface area (Å²) in [7, 11) is 6.05. The van der Waals surface area contributed by atoms with E-state index in [2.05, 4.69) is 24.1 Å². The number of imide groups is 1. The molecule has 4 amide bonds. The molecule has 7 nitrogen and oxygen atoms in total. The van der Waals surface area contributed by atoms with E-state index in [0.29, 0.717) is 49.2 Å². The Labute approximate surface area is 224 Å². The third-order valence-corrected chi connectivity index (χ3v) is 10.7. The summed E-state index contributed by atoms with van der Waals surface area (Å²) < 4.78 is 0. The number of nitrogens with one attached hydrogen (secondary N) is 1. The molecule has 3 saturated carbocycles. The number of piperidine rings is 1. The van der Waals surface area contributed by atoms with Crippen LogP contribution < -0.4 is 5.32 Å². The summed E-state index contributed by atoms with van der Waals surface area (Å²) in [5, 5.41) is 2.88. The molecule has 1 N–H and O–H groups in total. The van der Waals surface area contributed by atoms with Gasteiger partial charge in [-0.25, -0.2) is 4.79 Å². The van der Waals surface area contributed by atoms with Crippen LogP contribution in [0.2, 0.25) is 0 Å². The van der Waals surface area contributed by atoms with E-state index in [-0.39, 0.29) is 41.1 Å². The largest absolute Gasteiger partial charge is 0.342 e. The first-order chi connectivity index (χ1) is 16.5. The zero-order valence-electron chi connectivity index (χ0n) is 23.3. The molecule has 8 heteroatoms. The van der Waals surface area contributed by atoms with Gasteiger partial charge in [0.2, 0.25) is 11.8 Å². The van der Waals surface area contributed by atoms with Crippen molar-refractivity contribution in [1.29, 1.82) is 0 Å². The lowest BCUT2D eigenvalue weighted by molar-refractivity contribution is -0.160. The molecule has 1 aliphatic heterocycles. The van der Waals surface area contributed by atoms with Gasteiger partial charge in [0.05, 0.1) is 0 Å². The zero-order valence-corrected chi connectivity index (χ0v) is 24.2. The highest BCUT2D eigenvalue weighted by atomic mass is 35.5. The van der Waals surface area contributed by atoms with Gasteiger partial charge >= 0.3 is 6.03 Å². The van der Waals surface area contributed by atoms with E-state index in [4.69, 9.17) is 0 Å². The second-order valence-corrected chi connectivity index (χ2v) is 12.6. The second kappa shape index (κ2) is 11.2. The summed E-state index contributed by atoms with van der Waals surface area (Å²) in [6, 6.07) is 0.123. The van der Waals surface area contributed by atoms with Crippen LogP contribution in [0.5, 0.6) is 0 Å². The fourth-order valence-corrected chi connectivity index (χ4v) is 8.85. The first kappa shape index (κ1) is 29.2. The number of rotatable bonds is 6. The molecule has 0 radical (unpaired) electrons. The van der Waals surface area contributed by atoms with E-state index < -0.39 is 0 Å². The minimum absolute atomic E-state index is 0. The number of amides is 4. The second-order valence-electron chi connectivity index (χ2n) is 12.6. The predicted octanol–water partition coefficient (Wildman–Crippen LogP) is 4.40. The highest BCUT2D eigenvalue weighted by Crippen LogP contribution is 2.66. The monoisotopic (exact) mass is 524 g/mol. The van der Waals surface area contributed by atoms with Crippen LogP contribution in [0, 0.1) is 34.5 Å². The molecule has 0 aromatic heterocycles. The molecule has 1 heterocycles. The fraction of sp³-hybridized carbons (Fsp3) is 0.893. The van der Waals surface area contributed by atoms with Gasteiger partial charge in [-0.1, -0.05) is 13.8 Å². The van der Waals surface area contributed by atoms with E-state index in [1.165, 1.54) is 4.90 Å². The normalized spacial score (nSPS) is 37.5. The Morgan fingerprint density at radius 1 is 1.00 bits per heavy atom. The number of carbonyl (C=O) groups excluding carboxylic acids is 3. The van der Waals surface area contributed by atoms with Crippen molar-refractivity contribution in [2.24, 2.45) is 34.5 Å². The van der Waals surface area contributed by atoms with Crippen molar-refractivity contribution in [3.05, 3.63) is 0 Å². The van der Waals surface area contributed by atoms with Crippen molar-refractivity contribution >= 4 is 30.3 Å². The summed E-state index contributed by atoms with van der Waals surface area (Å²) in [6.07, 6.45) is 8.88. The number of urea groups is 1. The van der Waals surface area contributed by atoms with E-state index in [9.17, 15) is 14.4 Å². The van der Waals surface area contributed by atoms with Crippen molar-refractivity contribution in [3.63, 3.8) is 0 Å². The number of fused-ring (bicyclic) bond motifs is 5. The van der Waals surface area contributed by atoms with Gasteiger partial charge in [0.15, 0.2) is 0 Å². The van der Waals surface area contributed by atoms with Crippen LogP contribution in [-0.4, -0.2) is 79.4 Å². The summed E-state index contributed by atoms with van der Waals surface area (Å²) in [5.41, 5.74) is 0.151. The Kier molecular flexibility index (Phi) is 9.08.